The van der Waals surface area contributed by atoms with Crippen LogP contribution in [0.2, 0.25) is 0 Å². The predicted molar refractivity (Wildman–Crippen MR) is 78.1 cm³/mol. The van der Waals surface area contributed by atoms with Crippen LogP contribution in [0.1, 0.15) is 17.2 Å². The molecule has 1 unspecified atom stereocenters. The topological polar surface area (TPSA) is 41.1 Å². The molecule has 0 saturated carbocycles. The zero-order chi connectivity index (χ0) is 13.7. The number of hydrogen-bond donors (Lipinski definition) is 2. The van der Waals surface area contributed by atoms with Crippen LogP contribution in [0, 0.1) is 6.92 Å². The summed E-state index contributed by atoms with van der Waals surface area (Å²) >= 11 is 0. The zero-order valence-electron chi connectivity index (χ0n) is 11.2. The van der Waals surface area contributed by atoms with Gasteiger partial charge in [0.25, 0.3) is 0 Å². The van der Waals surface area contributed by atoms with E-state index in [1.165, 1.54) is 5.56 Å². The van der Waals surface area contributed by atoms with E-state index >= 15 is 0 Å². The van der Waals surface area contributed by atoms with E-state index in [2.05, 4.69) is 10.6 Å². The normalized spacial score (nSPS) is 11.9. The molecule has 2 aromatic carbocycles. The van der Waals surface area contributed by atoms with Gasteiger partial charge in [-0.3, -0.25) is 4.79 Å². The number of nitrogens with one attached hydrogen (secondary N) is 2. The number of hydrogen-bond acceptors (Lipinski definition) is 2. The van der Waals surface area contributed by atoms with Gasteiger partial charge in [-0.05, 0) is 31.7 Å². The molecule has 3 heteroatoms. The highest BCUT2D eigenvalue weighted by Gasteiger charge is 2.18. The van der Waals surface area contributed by atoms with Crippen molar-refractivity contribution >= 4 is 11.6 Å². The van der Waals surface area contributed by atoms with Gasteiger partial charge < -0.3 is 10.6 Å². The van der Waals surface area contributed by atoms with E-state index in [1.807, 2.05) is 61.5 Å². The standard InChI is InChI=1S/C16H18N2O/c1-12-8-10-14(11-9-12)18-16(19)15(17-2)13-6-4-3-5-7-13/h3-11,15,17H,1-2H3,(H,18,19). The van der Waals surface area contributed by atoms with Crippen LogP contribution in [0.3, 0.4) is 0 Å². The average molecular weight is 254 g/mol. The number of anilines is 1. The summed E-state index contributed by atoms with van der Waals surface area (Å²) in [6.07, 6.45) is 0. The lowest BCUT2D eigenvalue weighted by Crippen LogP contribution is -2.30. The Morgan fingerprint density at radius 1 is 1.00 bits per heavy atom. The van der Waals surface area contributed by atoms with E-state index in [0.717, 1.165) is 11.3 Å². The molecule has 0 aromatic heterocycles. The Morgan fingerprint density at radius 3 is 2.21 bits per heavy atom. The van der Waals surface area contributed by atoms with E-state index in [-0.39, 0.29) is 11.9 Å². The largest absolute Gasteiger partial charge is 0.324 e. The summed E-state index contributed by atoms with van der Waals surface area (Å²) in [5, 5.41) is 5.95. The first-order chi connectivity index (χ1) is 9.20. The van der Waals surface area contributed by atoms with Crippen LogP contribution in [0.5, 0.6) is 0 Å². The van der Waals surface area contributed by atoms with Gasteiger partial charge in [0.15, 0.2) is 0 Å². The minimum atomic E-state index is -0.345. The minimum absolute atomic E-state index is 0.0578. The second kappa shape index (κ2) is 6.16. The fourth-order valence-corrected chi connectivity index (χ4v) is 1.95. The fraction of sp³-hybridized carbons (Fsp3) is 0.188. The number of carbonyl (C=O) groups excluding carboxylic acids is 1. The molecule has 0 fully saturated rings. The van der Waals surface area contributed by atoms with Crippen molar-refractivity contribution in [2.45, 2.75) is 13.0 Å². The second-order valence-corrected chi connectivity index (χ2v) is 4.49. The van der Waals surface area contributed by atoms with Crippen molar-refractivity contribution in [3.63, 3.8) is 0 Å². The van der Waals surface area contributed by atoms with E-state index in [1.54, 1.807) is 7.05 Å². The van der Waals surface area contributed by atoms with Crippen LogP contribution in [0.15, 0.2) is 54.6 Å². The number of aryl methyl sites for hydroxylation is 1. The summed E-state index contributed by atoms with van der Waals surface area (Å²) in [5.74, 6) is -0.0578. The number of likely N-dealkylation sites (N-methyl/N-ethyl adjacent to an activating group) is 1. The third-order valence-corrected chi connectivity index (χ3v) is 3.00. The summed E-state index contributed by atoms with van der Waals surface area (Å²) in [6, 6.07) is 17.1. The molecule has 0 spiro atoms. The predicted octanol–water partition coefficient (Wildman–Crippen LogP) is 2.89. The molecule has 0 aliphatic rings. The molecule has 2 rings (SSSR count). The molecule has 3 nitrogen and oxygen atoms in total. The van der Waals surface area contributed by atoms with Crippen molar-refractivity contribution in [1.82, 2.24) is 5.32 Å². The molecule has 0 radical (unpaired) electrons. The monoisotopic (exact) mass is 254 g/mol. The molecule has 0 aliphatic carbocycles. The first-order valence-electron chi connectivity index (χ1n) is 6.30. The number of rotatable bonds is 4. The van der Waals surface area contributed by atoms with E-state index in [0.29, 0.717) is 0 Å². The van der Waals surface area contributed by atoms with Crippen LogP contribution in [-0.4, -0.2) is 13.0 Å². The zero-order valence-corrected chi connectivity index (χ0v) is 11.2. The Bertz CT molecular complexity index is 534. The van der Waals surface area contributed by atoms with E-state index in [9.17, 15) is 4.79 Å². The number of benzene rings is 2. The highest BCUT2D eigenvalue weighted by molar-refractivity contribution is 5.95. The van der Waals surface area contributed by atoms with Crippen LogP contribution in [0.4, 0.5) is 5.69 Å². The quantitative estimate of drug-likeness (QED) is 0.881. The first-order valence-corrected chi connectivity index (χ1v) is 6.30. The lowest BCUT2D eigenvalue weighted by atomic mass is 10.1. The van der Waals surface area contributed by atoms with Crippen LogP contribution >= 0.6 is 0 Å². The molecular weight excluding hydrogens is 236 g/mol. The molecule has 1 atom stereocenters. The van der Waals surface area contributed by atoms with Crippen LogP contribution in [-0.2, 0) is 4.79 Å². The van der Waals surface area contributed by atoms with Crippen molar-refractivity contribution in [2.24, 2.45) is 0 Å². The summed E-state index contributed by atoms with van der Waals surface area (Å²) < 4.78 is 0. The van der Waals surface area contributed by atoms with Gasteiger partial charge in [-0.2, -0.15) is 0 Å². The molecule has 98 valence electrons. The molecule has 0 heterocycles. The van der Waals surface area contributed by atoms with Gasteiger partial charge in [0, 0.05) is 5.69 Å². The maximum Gasteiger partial charge on any atom is 0.246 e. The Hall–Kier alpha value is -2.13. The Morgan fingerprint density at radius 2 is 1.63 bits per heavy atom. The molecular formula is C16H18N2O. The Labute approximate surface area is 113 Å². The highest BCUT2D eigenvalue weighted by atomic mass is 16.2. The number of carbonyl (C=O) groups is 1. The summed E-state index contributed by atoms with van der Waals surface area (Å²) in [6.45, 7) is 2.02. The maximum absolute atomic E-state index is 12.3. The molecule has 2 aromatic rings. The van der Waals surface area contributed by atoms with Gasteiger partial charge in [0.05, 0.1) is 0 Å². The molecule has 1 amide bonds. The minimum Gasteiger partial charge on any atom is -0.324 e. The van der Waals surface area contributed by atoms with Gasteiger partial charge in [0.2, 0.25) is 5.91 Å². The highest BCUT2D eigenvalue weighted by Crippen LogP contribution is 2.16. The van der Waals surface area contributed by atoms with Crippen molar-refractivity contribution in [3.8, 4) is 0 Å². The van der Waals surface area contributed by atoms with Crippen molar-refractivity contribution in [3.05, 3.63) is 65.7 Å². The molecule has 2 N–H and O–H groups in total. The first kappa shape index (κ1) is 13.3. The third-order valence-electron chi connectivity index (χ3n) is 3.00. The van der Waals surface area contributed by atoms with E-state index < -0.39 is 0 Å². The summed E-state index contributed by atoms with van der Waals surface area (Å²) in [7, 11) is 1.78. The second-order valence-electron chi connectivity index (χ2n) is 4.49. The van der Waals surface area contributed by atoms with Gasteiger partial charge >= 0.3 is 0 Å². The van der Waals surface area contributed by atoms with Crippen LogP contribution < -0.4 is 10.6 Å². The van der Waals surface area contributed by atoms with Gasteiger partial charge in [0.1, 0.15) is 6.04 Å². The number of amides is 1. The summed E-state index contributed by atoms with van der Waals surface area (Å²) in [5.41, 5.74) is 2.94. The van der Waals surface area contributed by atoms with Crippen LogP contribution in [0.25, 0.3) is 0 Å². The molecule has 0 saturated heterocycles. The Balaban J connectivity index is 2.11. The van der Waals surface area contributed by atoms with Crippen molar-refractivity contribution in [2.75, 3.05) is 12.4 Å². The van der Waals surface area contributed by atoms with Gasteiger partial charge in [-0.25, -0.2) is 0 Å². The Kier molecular flexibility index (Phi) is 4.31. The molecule has 0 aliphatic heterocycles. The SMILES string of the molecule is CNC(C(=O)Nc1ccc(C)cc1)c1ccccc1. The van der Waals surface area contributed by atoms with Gasteiger partial charge in [-0.1, -0.05) is 48.0 Å². The third kappa shape index (κ3) is 3.42. The van der Waals surface area contributed by atoms with Crippen molar-refractivity contribution in [1.29, 1.82) is 0 Å². The fourth-order valence-electron chi connectivity index (χ4n) is 1.95. The lowest BCUT2D eigenvalue weighted by molar-refractivity contribution is -0.118. The summed E-state index contributed by atoms with van der Waals surface area (Å²) in [4.78, 5) is 12.3. The lowest BCUT2D eigenvalue weighted by Gasteiger charge is -2.16. The maximum atomic E-state index is 12.3. The average Bonchev–Trinajstić information content (AvgIpc) is 2.43. The molecule has 19 heavy (non-hydrogen) atoms. The van der Waals surface area contributed by atoms with Crippen molar-refractivity contribution < 1.29 is 4.79 Å². The molecule has 0 bridgehead atoms. The van der Waals surface area contributed by atoms with Gasteiger partial charge in [-0.15, -0.1) is 0 Å². The van der Waals surface area contributed by atoms with E-state index in [4.69, 9.17) is 0 Å². The smallest absolute Gasteiger partial charge is 0.246 e.